The van der Waals surface area contributed by atoms with Crippen molar-refractivity contribution in [1.29, 1.82) is 0 Å². The molecule has 0 aliphatic carbocycles. The summed E-state index contributed by atoms with van der Waals surface area (Å²) < 4.78 is 8.73. The second-order valence-electron chi connectivity index (χ2n) is 6.01. The number of nitrogens with zero attached hydrogens (tertiary/aromatic N) is 2. The van der Waals surface area contributed by atoms with Crippen LogP contribution in [0.1, 0.15) is 25.3 Å². The van der Waals surface area contributed by atoms with Crippen LogP contribution in [0.2, 0.25) is 0 Å². The minimum Gasteiger partial charge on any atom is -0.497 e. The van der Waals surface area contributed by atoms with Crippen LogP contribution in [0.3, 0.4) is 0 Å². The van der Waals surface area contributed by atoms with Crippen LogP contribution in [0.5, 0.6) is 5.75 Å². The topological polar surface area (TPSA) is 26.5 Å². The van der Waals surface area contributed by atoms with Gasteiger partial charge in [0.2, 0.25) is 0 Å². The fraction of sp³-hybridized carbons (Fsp3) is 0.250. The molecule has 0 spiro atoms. The minimum absolute atomic E-state index is 0.866. The van der Waals surface area contributed by atoms with Gasteiger partial charge in [-0.25, -0.2) is 4.98 Å². The molecule has 4 aromatic rings. The van der Waals surface area contributed by atoms with E-state index in [1.54, 1.807) is 18.4 Å². The molecule has 2 heterocycles. The van der Waals surface area contributed by atoms with Crippen molar-refractivity contribution < 1.29 is 4.74 Å². The number of ether oxygens (including phenoxy) is 1. The highest BCUT2D eigenvalue weighted by atomic mass is 32.1. The maximum atomic E-state index is 5.22. The number of hydrogen-bond donors (Lipinski definition) is 0. The van der Waals surface area contributed by atoms with Crippen molar-refractivity contribution >= 4 is 26.5 Å². The lowest BCUT2D eigenvalue weighted by molar-refractivity contribution is 0.415. The summed E-state index contributed by atoms with van der Waals surface area (Å²) in [6.45, 7) is 2.23. The molecular weight excluding hydrogens is 316 g/mol. The highest BCUT2D eigenvalue weighted by Crippen LogP contribution is 2.31. The lowest BCUT2D eigenvalue weighted by atomic mass is 10.1. The standard InChI is InChI=1S/C20H20N2OS/c1-3-4-5-14-6-11-18-19(12-14)24-20-21-17(13-22(18)20)15-7-9-16(23-2)10-8-15/h6-13H,3-5H2,1-2H3. The summed E-state index contributed by atoms with van der Waals surface area (Å²) in [6.07, 6.45) is 5.76. The smallest absolute Gasteiger partial charge is 0.195 e. The Hall–Kier alpha value is -2.33. The maximum Gasteiger partial charge on any atom is 0.195 e. The Morgan fingerprint density at radius 1 is 1.12 bits per heavy atom. The van der Waals surface area contributed by atoms with Crippen LogP contribution in [-0.2, 0) is 6.42 Å². The van der Waals surface area contributed by atoms with Gasteiger partial charge in [-0.3, -0.25) is 4.40 Å². The van der Waals surface area contributed by atoms with E-state index in [1.807, 2.05) is 12.1 Å². The van der Waals surface area contributed by atoms with Crippen LogP contribution in [0.15, 0.2) is 48.7 Å². The summed E-state index contributed by atoms with van der Waals surface area (Å²) >= 11 is 1.76. The molecule has 0 N–H and O–H groups in total. The highest BCUT2D eigenvalue weighted by Gasteiger charge is 2.10. The summed E-state index contributed by atoms with van der Waals surface area (Å²) in [5.74, 6) is 0.866. The Morgan fingerprint density at radius 2 is 1.96 bits per heavy atom. The lowest BCUT2D eigenvalue weighted by Crippen LogP contribution is -1.85. The van der Waals surface area contributed by atoms with Gasteiger partial charge >= 0.3 is 0 Å². The molecule has 0 saturated heterocycles. The van der Waals surface area contributed by atoms with Crippen molar-refractivity contribution in [3.8, 4) is 17.0 Å². The molecule has 2 aromatic carbocycles. The van der Waals surface area contributed by atoms with E-state index in [0.717, 1.165) is 28.4 Å². The van der Waals surface area contributed by atoms with Gasteiger partial charge in [-0.15, -0.1) is 0 Å². The molecule has 2 aromatic heterocycles. The fourth-order valence-electron chi connectivity index (χ4n) is 2.98. The molecule has 0 fully saturated rings. The van der Waals surface area contributed by atoms with Crippen molar-refractivity contribution in [2.45, 2.75) is 26.2 Å². The Labute approximate surface area is 145 Å². The molecule has 0 atom stereocenters. The van der Waals surface area contributed by atoms with Gasteiger partial charge in [0.15, 0.2) is 4.96 Å². The van der Waals surface area contributed by atoms with Crippen LogP contribution >= 0.6 is 11.3 Å². The molecule has 0 bridgehead atoms. The molecule has 4 rings (SSSR count). The number of rotatable bonds is 5. The zero-order valence-electron chi connectivity index (χ0n) is 14.0. The number of aryl methyl sites for hydroxylation is 1. The molecule has 3 nitrogen and oxygen atoms in total. The van der Waals surface area contributed by atoms with Crippen LogP contribution < -0.4 is 4.74 Å². The molecular formula is C20H20N2OS. The Morgan fingerprint density at radius 3 is 2.71 bits per heavy atom. The second kappa shape index (κ2) is 6.29. The lowest BCUT2D eigenvalue weighted by Gasteiger charge is -2.01. The summed E-state index contributed by atoms with van der Waals surface area (Å²) in [5.41, 5.74) is 4.77. The summed E-state index contributed by atoms with van der Waals surface area (Å²) in [5, 5.41) is 0. The second-order valence-corrected chi connectivity index (χ2v) is 7.02. The van der Waals surface area contributed by atoms with E-state index in [4.69, 9.17) is 9.72 Å². The number of methoxy groups -OCH3 is 1. The number of imidazole rings is 1. The molecule has 0 aliphatic rings. The van der Waals surface area contributed by atoms with Crippen LogP contribution in [0.25, 0.3) is 26.4 Å². The van der Waals surface area contributed by atoms with Crippen molar-refractivity contribution in [2.24, 2.45) is 0 Å². The largest absolute Gasteiger partial charge is 0.497 e. The minimum atomic E-state index is 0.866. The molecule has 0 radical (unpaired) electrons. The number of hydrogen-bond acceptors (Lipinski definition) is 3. The number of fused-ring (bicyclic) bond motifs is 3. The molecule has 24 heavy (non-hydrogen) atoms. The third-order valence-electron chi connectivity index (χ3n) is 4.36. The van der Waals surface area contributed by atoms with Gasteiger partial charge in [0.05, 0.1) is 23.0 Å². The van der Waals surface area contributed by atoms with E-state index in [-0.39, 0.29) is 0 Å². The normalized spacial score (nSPS) is 11.4. The predicted octanol–water partition coefficient (Wildman–Crippen LogP) is 5.57. The molecule has 4 heteroatoms. The molecule has 0 unspecified atom stereocenters. The number of unbranched alkanes of at least 4 members (excludes halogenated alkanes) is 1. The van der Waals surface area contributed by atoms with E-state index in [0.29, 0.717) is 0 Å². The van der Waals surface area contributed by atoms with Crippen LogP contribution in [0, 0.1) is 0 Å². The van der Waals surface area contributed by atoms with E-state index < -0.39 is 0 Å². The summed E-state index contributed by atoms with van der Waals surface area (Å²) in [6, 6.07) is 14.8. The Balaban J connectivity index is 1.72. The molecule has 0 saturated carbocycles. The fourth-order valence-corrected chi connectivity index (χ4v) is 4.05. The first-order valence-electron chi connectivity index (χ1n) is 8.33. The zero-order chi connectivity index (χ0) is 16.5. The maximum absolute atomic E-state index is 5.22. The average molecular weight is 336 g/mol. The van der Waals surface area contributed by atoms with Gasteiger partial charge in [0, 0.05) is 11.8 Å². The van der Waals surface area contributed by atoms with Crippen LogP contribution in [-0.4, -0.2) is 16.5 Å². The SMILES string of the molecule is CCCCc1ccc2c(c1)sc1nc(-c3ccc(OC)cc3)cn12. The summed E-state index contributed by atoms with van der Waals surface area (Å²) in [7, 11) is 1.68. The van der Waals surface area contributed by atoms with Gasteiger partial charge in [-0.05, 0) is 54.8 Å². The van der Waals surface area contributed by atoms with Gasteiger partial charge in [0.1, 0.15) is 5.75 Å². The van der Waals surface area contributed by atoms with Gasteiger partial charge < -0.3 is 4.74 Å². The first-order valence-corrected chi connectivity index (χ1v) is 9.15. The van der Waals surface area contributed by atoms with Crippen molar-refractivity contribution in [2.75, 3.05) is 7.11 Å². The number of thiazole rings is 1. The van der Waals surface area contributed by atoms with Crippen molar-refractivity contribution in [3.05, 3.63) is 54.2 Å². The molecule has 0 amide bonds. The third kappa shape index (κ3) is 2.67. The average Bonchev–Trinajstić information content (AvgIpc) is 3.17. The van der Waals surface area contributed by atoms with E-state index in [1.165, 1.54) is 28.6 Å². The van der Waals surface area contributed by atoms with E-state index in [9.17, 15) is 0 Å². The highest BCUT2D eigenvalue weighted by molar-refractivity contribution is 7.23. The number of aromatic nitrogens is 2. The van der Waals surface area contributed by atoms with Crippen LogP contribution in [0.4, 0.5) is 0 Å². The molecule has 122 valence electrons. The van der Waals surface area contributed by atoms with Gasteiger partial charge in [-0.2, -0.15) is 0 Å². The number of benzene rings is 2. The Kier molecular flexibility index (Phi) is 3.98. The first kappa shape index (κ1) is 15.2. The molecule has 0 aliphatic heterocycles. The van der Waals surface area contributed by atoms with Gasteiger partial charge in [0.25, 0.3) is 0 Å². The monoisotopic (exact) mass is 336 g/mol. The zero-order valence-corrected chi connectivity index (χ0v) is 14.8. The quantitative estimate of drug-likeness (QED) is 0.476. The third-order valence-corrected chi connectivity index (χ3v) is 5.38. The Bertz CT molecular complexity index is 982. The predicted molar refractivity (Wildman–Crippen MR) is 101 cm³/mol. The van der Waals surface area contributed by atoms with Crippen molar-refractivity contribution in [1.82, 2.24) is 9.38 Å². The summed E-state index contributed by atoms with van der Waals surface area (Å²) in [4.78, 5) is 5.85. The van der Waals surface area contributed by atoms with E-state index in [2.05, 4.69) is 47.9 Å². The first-order chi connectivity index (χ1) is 11.8. The van der Waals surface area contributed by atoms with E-state index >= 15 is 0 Å². The van der Waals surface area contributed by atoms with Gasteiger partial charge in [-0.1, -0.05) is 30.7 Å². The van der Waals surface area contributed by atoms with Crippen molar-refractivity contribution in [3.63, 3.8) is 0 Å².